The Labute approximate surface area is 80.4 Å². The fourth-order valence-corrected chi connectivity index (χ4v) is 1.10. The first kappa shape index (κ1) is 10.8. The van der Waals surface area contributed by atoms with E-state index in [1.165, 1.54) is 13.0 Å². The van der Waals surface area contributed by atoms with Crippen molar-refractivity contribution in [2.24, 2.45) is 0 Å². The highest BCUT2D eigenvalue weighted by molar-refractivity contribution is 5.40. The van der Waals surface area contributed by atoms with E-state index in [4.69, 9.17) is 0 Å². The average Bonchev–Trinajstić information content (AvgIpc) is 2.01. The number of anilines is 1. The smallest absolute Gasteiger partial charge is 0.363 e. The van der Waals surface area contributed by atoms with Crippen molar-refractivity contribution in [1.29, 1.82) is 0 Å². The van der Waals surface area contributed by atoms with Crippen molar-refractivity contribution in [1.82, 2.24) is 4.98 Å². The van der Waals surface area contributed by atoms with Gasteiger partial charge in [0.05, 0.1) is 11.3 Å². The maximum Gasteiger partial charge on any atom is 0.418 e. The van der Waals surface area contributed by atoms with Crippen LogP contribution in [0.3, 0.4) is 0 Å². The molecule has 0 atom stereocenters. The lowest BCUT2D eigenvalue weighted by Crippen LogP contribution is -2.14. The number of aryl methyl sites for hydroxylation is 1. The van der Waals surface area contributed by atoms with Gasteiger partial charge in [0.15, 0.2) is 0 Å². The molecule has 2 nitrogen and oxygen atoms in total. The minimum Gasteiger partial charge on any atom is -0.363 e. The number of halogens is 3. The SMILES string of the molecule is Cc1nc(N(C)C)ccc1C(F)(F)F. The van der Waals surface area contributed by atoms with E-state index in [1.807, 2.05) is 0 Å². The second-order valence-electron chi connectivity index (χ2n) is 3.19. The molecule has 0 aliphatic heterocycles. The lowest BCUT2D eigenvalue weighted by atomic mass is 10.2. The third-order valence-electron chi connectivity index (χ3n) is 1.83. The summed E-state index contributed by atoms with van der Waals surface area (Å²) in [5.41, 5.74) is -0.674. The molecule has 78 valence electrons. The Hall–Kier alpha value is -1.26. The molecule has 0 unspecified atom stereocenters. The fourth-order valence-electron chi connectivity index (χ4n) is 1.10. The largest absolute Gasteiger partial charge is 0.418 e. The van der Waals surface area contributed by atoms with Crippen LogP contribution in [0.5, 0.6) is 0 Å². The molecular formula is C9H11F3N2. The molecule has 1 heterocycles. The van der Waals surface area contributed by atoms with Gasteiger partial charge in [0.2, 0.25) is 0 Å². The number of alkyl halides is 3. The van der Waals surface area contributed by atoms with Crippen molar-refractivity contribution in [2.75, 3.05) is 19.0 Å². The Morgan fingerprint density at radius 1 is 1.21 bits per heavy atom. The van der Waals surface area contributed by atoms with Crippen LogP contribution >= 0.6 is 0 Å². The van der Waals surface area contributed by atoms with E-state index < -0.39 is 11.7 Å². The third kappa shape index (κ3) is 2.16. The zero-order chi connectivity index (χ0) is 10.9. The average molecular weight is 204 g/mol. The first-order chi connectivity index (χ1) is 6.32. The molecule has 0 bridgehead atoms. The van der Waals surface area contributed by atoms with Crippen molar-refractivity contribution in [2.45, 2.75) is 13.1 Å². The van der Waals surface area contributed by atoms with E-state index in [-0.39, 0.29) is 5.69 Å². The lowest BCUT2D eigenvalue weighted by Gasteiger charge is -2.14. The van der Waals surface area contributed by atoms with Crippen molar-refractivity contribution < 1.29 is 13.2 Å². The Kier molecular flexibility index (Phi) is 2.69. The van der Waals surface area contributed by atoms with Crippen molar-refractivity contribution >= 4 is 5.82 Å². The topological polar surface area (TPSA) is 16.1 Å². The van der Waals surface area contributed by atoms with Gasteiger partial charge in [-0.1, -0.05) is 0 Å². The Morgan fingerprint density at radius 3 is 2.14 bits per heavy atom. The molecule has 0 saturated carbocycles. The van der Waals surface area contributed by atoms with Crippen molar-refractivity contribution in [3.63, 3.8) is 0 Å². The summed E-state index contributed by atoms with van der Waals surface area (Å²) in [6, 6.07) is 2.41. The van der Waals surface area contributed by atoms with E-state index in [0.29, 0.717) is 5.82 Å². The maximum absolute atomic E-state index is 12.3. The summed E-state index contributed by atoms with van der Waals surface area (Å²) in [5.74, 6) is 0.524. The molecule has 14 heavy (non-hydrogen) atoms. The van der Waals surface area contributed by atoms with Gasteiger partial charge in [0.1, 0.15) is 5.82 Å². The molecule has 0 fully saturated rings. The van der Waals surface area contributed by atoms with Crippen LogP contribution in [0.2, 0.25) is 0 Å². The molecule has 0 radical (unpaired) electrons. The number of pyridine rings is 1. The molecule has 1 aromatic heterocycles. The molecule has 0 aromatic carbocycles. The number of aromatic nitrogens is 1. The van der Waals surface area contributed by atoms with Gasteiger partial charge in [-0.2, -0.15) is 13.2 Å². The van der Waals surface area contributed by atoms with E-state index >= 15 is 0 Å². The van der Waals surface area contributed by atoms with Crippen LogP contribution in [0.4, 0.5) is 19.0 Å². The molecule has 0 aliphatic rings. The standard InChI is InChI=1S/C9H11F3N2/c1-6-7(9(10,11)12)4-5-8(13-6)14(2)3/h4-5H,1-3H3. The second-order valence-corrected chi connectivity index (χ2v) is 3.19. The summed E-state index contributed by atoms with van der Waals surface area (Å²) in [6.45, 7) is 1.36. The Morgan fingerprint density at radius 2 is 1.79 bits per heavy atom. The van der Waals surface area contributed by atoms with Gasteiger partial charge in [-0.3, -0.25) is 0 Å². The fraction of sp³-hybridized carbons (Fsp3) is 0.444. The van der Waals surface area contributed by atoms with Gasteiger partial charge in [0, 0.05) is 14.1 Å². The Bertz CT molecular complexity index is 331. The van der Waals surface area contributed by atoms with Gasteiger partial charge in [-0.15, -0.1) is 0 Å². The first-order valence-corrected chi connectivity index (χ1v) is 4.04. The van der Waals surface area contributed by atoms with Crippen LogP contribution in [0, 0.1) is 6.92 Å². The Balaban J connectivity index is 3.15. The molecule has 5 heteroatoms. The summed E-state index contributed by atoms with van der Waals surface area (Å²) < 4.78 is 37.0. The highest BCUT2D eigenvalue weighted by Crippen LogP contribution is 2.31. The van der Waals surface area contributed by atoms with Gasteiger partial charge in [-0.25, -0.2) is 4.98 Å². The first-order valence-electron chi connectivity index (χ1n) is 4.04. The number of hydrogen-bond donors (Lipinski definition) is 0. The zero-order valence-electron chi connectivity index (χ0n) is 8.18. The predicted octanol–water partition coefficient (Wildman–Crippen LogP) is 2.47. The van der Waals surface area contributed by atoms with E-state index in [2.05, 4.69) is 4.98 Å². The molecule has 0 amide bonds. The van der Waals surface area contributed by atoms with Crippen molar-refractivity contribution in [3.05, 3.63) is 23.4 Å². The van der Waals surface area contributed by atoms with Crippen molar-refractivity contribution in [3.8, 4) is 0 Å². The number of nitrogens with zero attached hydrogens (tertiary/aromatic N) is 2. The summed E-state index contributed by atoms with van der Waals surface area (Å²) in [7, 11) is 3.46. The zero-order valence-corrected chi connectivity index (χ0v) is 8.18. The predicted molar refractivity (Wildman–Crippen MR) is 48.3 cm³/mol. The van der Waals surface area contributed by atoms with E-state index in [9.17, 15) is 13.2 Å². The van der Waals surface area contributed by atoms with Crippen LogP contribution in [0.25, 0.3) is 0 Å². The van der Waals surface area contributed by atoms with Crippen LogP contribution in [-0.4, -0.2) is 19.1 Å². The monoisotopic (exact) mass is 204 g/mol. The molecule has 1 aromatic rings. The highest BCUT2D eigenvalue weighted by Gasteiger charge is 2.32. The van der Waals surface area contributed by atoms with Gasteiger partial charge in [-0.05, 0) is 19.1 Å². The second kappa shape index (κ2) is 3.48. The van der Waals surface area contributed by atoms with E-state index in [0.717, 1.165) is 6.07 Å². The maximum atomic E-state index is 12.3. The van der Waals surface area contributed by atoms with Gasteiger partial charge >= 0.3 is 6.18 Å². The molecule has 0 aliphatic carbocycles. The third-order valence-corrected chi connectivity index (χ3v) is 1.83. The number of hydrogen-bond acceptors (Lipinski definition) is 2. The molecule has 0 saturated heterocycles. The van der Waals surface area contributed by atoms with E-state index in [1.54, 1.807) is 19.0 Å². The normalized spacial score (nSPS) is 11.6. The van der Waals surface area contributed by atoms with Gasteiger partial charge in [0.25, 0.3) is 0 Å². The van der Waals surface area contributed by atoms with Gasteiger partial charge < -0.3 is 4.90 Å². The van der Waals surface area contributed by atoms with Crippen LogP contribution < -0.4 is 4.90 Å². The number of rotatable bonds is 1. The highest BCUT2D eigenvalue weighted by atomic mass is 19.4. The summed E-state index contributed by atoms with van der Waals surface area (Å²) >= 11 is 0. The minimum absolute atomic E-state index is 0.00343. The lowest BCUT2D eigenvalue weighted by molar-refractivity contribution is -0.138. The summed E-state index contributed by atoms with van der Waals surface area (Å²) in [6.07, 6.45) is -4.32. The van der Waals surface area contributed by atoms with Crippen LogP contribution in [-0.2, 0) is 6.18 Å². The molecule has 0 N–H and O–H groups in total. The quantitative estimate of drug-likeness (QED) is 0.698. The minimum atomic E-state index is -4.32. The van der Waals surface area contributed by atoms with Crippen LogP contribution in [0.15, 0.2) is 12.1 Å². The van der Waals surface area contributed by atoms with Crippen LogP contribution in [0.1, 0.15) is 11.3 Å². The molecule has 1 rings (SSSR count). The summed E-state index contributed by atoms with van der Waals surface area (Å²) in [4.78, 5) is 5.50. The summed E-state index contributed by atoms with van der Waals surface area (Å²) in [5, 5.41) is 0. The molecule has 0 spiro atoms. The molecular weight excluding hydrogens is 193 g/mol.